The Hall–Kier alpha value is -2.26. The van der Waals surface area contributed by atoms with Gasteiger partial charge in [0.25, 0.3) is 0 Å². The number of alkyl halides is 2. The Balaban J connectivity index is 1.62. The quantitative estimate of drug-likeness (QED) is 0.380. The summed E-state index contributed by atoms with van der Waals surface area (Å²) in [5, 5.41) is 0. The predicted octanol–water partition coefficient (Wildman–Crippen LogP) is 8.09. The number of ether oxygens (including phenoxy) is 1. The lowest BCUT2D eigenvalue weighted by Crippen LogP contribution is -2.20. The van der Waals surface area contributed by atoms with Gasteiger partial charge >= 0.3 is 6.11 Å². The lowest BCUT2D eigenvalue weighted by atomic mass is 9.78. The number of allylic oxidation sites excluding steroid dienone is 2. The van der Waals surface area contributed by atoms with Crippen LogP contribution in [-0.4, -0.2) is 0 Å². The molecule has 2 aromatic rings. The van der Waals surface area contributed by atoms with E-state index in [1.165, 1.54) is 12.1 Å². The molecule has 0 aliphatic heterocycles. The molecule has 0 aromatic heterocycles. The van der Waals surface area contributed by atoms with E-state index in [0.717, 1.165) is 55.2 Å². The van der Waals surface area contributed by atoms with Crippen molar-refractivity contribution in [3.63, 3.8) is 0 Å². The van der Waals surface area contributed by atoms with Crippen molar-refractivity contribution >= 4 is 0 Å². The lowest BCUT2D eigenvalue weighted by Gasteiger charge is -2.27. The highest BCUT2D eigenvalue weighted by Crippen LogP contribution is 2.39. The van der Waals surface area contributed by atoms with Gasteiger partial charge in [-0.3, -0.25) is 0 Å². The maximum Gasteiger partial charge on any atom is 0.383 e. The topological polar surface area (TPSA) is 9.23 Å². The van der Waals surface area contributed by atoms with Gasteiger partial charge in [-0.1, -0.05) is 60.7 Å². The van der Waals surface area contributed by atoms with E-state index in [0.29, 0.717) is 11.8 Å². The van der Waals surface area contributed by atoms with Crippen LogP contribution in [0.3, 0.4) is 0 Å². The summed E-state index contributed by atoms with van der Waals surface area (Å²) in [5.41, 5.74) is 2.95. The molecule has 0 spiro atoms. The predicted molar refractivity (Wildman–Crippen MR) is 120 cm³/mol. The van der Waals surface area contributed by atoms with Gasteiger partial charge in [-0.2, -0.15) is 8.78 Å². The summed E-state index contributed by atoms with van der Waals surface area (Å²) in [6.07, 6.45) is 6.09. The van der Waals surface area contributed by atoms with Crippen molar-refractivity contribution < 1.29 is 13.5 Å². The molecule has 1 saturated carbocycles. The van der Waals surface area contributed by atoms with Crippen molar-refractivity contribution in [2.45, 2.75) is 63.6 Å². The summed E-state index contributed by atoms with van der Waals surface area (Å²) in [6, 6.07) is 14.4. The zero-order valence-electron chi connectivity index (χ0n) is 17.8. The Morgan fingerprint density at radius 1 is 1.00 bits per heavy atom. The molecule has 3 rings (SSSR count). The first kappa shape index (κ1) is 22.4. The number of hydrogen-bond donors (Lipinski definition) is 0. The van der Waals surface area contributed by atoms with E-state index in [1.807, 2.05) is 48.6 Å². The van der Waals surface area contributed by atoms with Crippen molar-refractivity contribution in [3.05, 3.63) is 96.1 Å². The van der Waals surface area contributed by atoms with Gasteiger partial charge in [0.15, 0.2) is 0 Å². The van der Waals surface area contributed by atoms with E-state index in [-0.39, 0.29) is 5.56 Å². The molecule has 0 N–H and O–H groups in total. The molecule has 30 heavy (non-hydrogen) atoms. The summed E-state index contributed by atoms with van der Waals surface area (Å²) < 4.78 is 34.7. The normalized spacial score (nSPS) is 20.5. The third kappa shape index (κ3) is 5.66. The van der Waals surface area contributed by atoms with Crippen LogP contribution in [0.2, 0.25) is 0 Å². The van der Waals surface area contributed by atoms with Crippen molar-refractivity contribution in [1.82, 2.24) is 0 Å². The van der Waals surface area contributed by atoms with Crippen LogP contribution in [0.4, 0.5) is 8.78 Å². The van der Waals surface area contributed by atoms with Gasteiger partial charge in [0.1, 0.15) is 0 Å². The molecular weight excluding hydrogens is 378 g/mol. The fourth-order valence-corrected chi connectivity index (χ4v) is 4.22. The summed E-state index contributed by atoms with van der Waals surface area (Å²) in [6.45, 7) is 9.27. The number of benzene rings is 2. The van der Waals surface area contributed by atoms with E-state index < -0.39 is 12.2 Å². The van der Waals surface area contributed by atoms with Gasteiger partial charge < -0.3 is 4.74 Å². The zero-order valence-corrected chi connectivity index (χ0v) is 17.8. The van der Waals surface area contributed by atoms with E-state index in [1.54, 1.807) is 6.92 Å². The molecule has 160 valence electrons. The first-order valence-corrected chi connectivity index (χ1v) is 10.9. The fourth-order valence-electron chi connectivity index (χ4n) is 4.22. The Morgan fingerprint density at radius 2 is 1.63 bits per heavy atom. The molecule has 1 aliphatic carbocycles. The second-order valence-electron chi connectivity index (χ2n) is 8.32. The van der Waals surface area contributed by atoms with Crippen LogP contribution in [0.1, 0.15) is 73.3 Å². The summed E-state index contributed by atoms with van der Waals surface area (Å²) >= 11 is 0. The highest BCUT2D eigenvalue weighted by Gasteiger charge is 2.35. The van der Waals surface area contributed by atoms with Crippen molar-refractivity contribution in [2.24, 2.45) is 5.92 Å². The molecule has 0 saturated heterocycles. The Kier molecular flexibility index (Phi) is 7.60. The number of hydrogen-bond acceptors (Lipinski definition) is 1. The van der Waals surface area contributed by atoms with Crippen LogP contribution >= 0.6 is 0 Å². The molecule has 0 radical (unpaired) electrons. The maximum atomic E-state index is 14.8. The third-order valence-corrected chi connectivity index (χ3v) is 6.23. The Morgan fingerprint density at radius 3 is 2.20 bits per heavy atom. The Labute approximate surface area is 179 Å². The second kappa shape index (κ2) is 10.2. The molecule has 1 atom stereocenters. The lowest BCUT2D eigenvalue weighted by molar-refractivity contribution is -0.272. The summed E-state index contributed by atoms with van der Waals surface area (Å²) in [5.74, 6) is 1.04. The minimum atomic E-state index is -3.33. The van der Waals surface area contributed by atoms with Crippen LogP contribution < -0.4 is 0 Å². The van der Waals surface area contributed by atoms with Gasteiger partial charge in [0.05, 0.1) is 11.7 Å². The van der Waals surface area contributed by atoms with Gasteiger partial charge in [-0.15, -0.1) is 13.2 Å². The average molecular weight is 411 g/mol. The molecule has 0 heterocycles. The van der Waals surface area contributed by atoms with Crippen molar-refractivity contribution in [2.75, 3.05) is 0 Å². The molecule has 0 bridgehead atoms. The standard InChI is InChI=1S/C27H32F2O/c1-4-6-7-22-10-12-23(13-11-22)20(3)30-27(28,29)26-18-16-25(17-19-26)24-14-8-21(5-2)9-15-24/h4-5,10-13,16-21,24H,1-2,6-9,14-15H2,3H3. The SMILES string of the molecule is C=CCCc1ccc(C(C)OC(F)(F)c2ccc(C3CCC(C=C)CC3)cc2)cc1. The van der Waals surface area contributed by atoms with E-state index >= 15 is 0 Å². The molecule has 1 aliphatic rings. The zero-order chi connectivity index (χ0) is 21.6. The highest BCUT2D eigenvalue weighted by molar-refractivity contribution is 5.28. The summed E-state index contributed by atoms with van der Waals surface area (Å²) in [7, 11) is 0. The maximum absolute atomic E-state index is 14.8. The van der Waals surface area contributed by atoms with E-state index in [9.17, 15) is 8.78 Å². The average Bonchev–Trinajstić information content (AvgIpc) is 2.78. The smallest absolute Gasteiger partial charge is 0.309 e. The van der Waals surface area contributed by atoms with Crippen LogP contribution in [0.15, 0.2) is 73.8 Å². The molecular formula is C27H32F2O. The van der Waals surface area contributed by atoms with Crippen LogP contribution in [0.25, 0.3) is 0 Å². The van der Waals surface area contributed by atoms with E-state index in [4.69, 9.17) is 4.74 Å². The molecule has 2 aromatic carbocycles. The van der Waals surface area contributed by atoms with Crippen molar-refractivity contribution in [1.29, 1.82) is 0 Å². The first-order chi connectivity index (χ1) is 14.4. The minimum absolute atomic E-state index is 0.0968. The van der Waals surface area contributed by atoms with Crippen LogP contribution in [-0.2, 0) is 17.3 Å². The fraction of sp³-hybridized carbons (Fsp3) is 0.407. The van der Waals surface area contributed by atoms with Gasteiger partial charge in [0.2, 0.25) is 0 Å². The number of rotatable bonds is 9. The molecule has 0 amide bonds. The minimum Gasteiger partial charge on any atom is -0.309 e. The largest absolute Gasteiger partial charge is 0.383 e. The molecule has 1 fully saturated rings. The summed E-state index contributed by atoms with van der Waals surface area (Å²) in [4.78, 5) is 0. The van der Waals surface area contributed by atoms with Gasteiger partial charge in [-0.05, 0) is 74.0 Å². The van der Waals surface area contributed by atoms with E-state index in [2.05, 4.69) is 13.2 Å². The molecule has 1 unspecified atom stereocenters. The van der Waals surface area contributed by atoms with Crippen LogP contribution in [0, 0.1) is 5.92 Å². The first-order valence-electron chi connectivity index (χ1n) is 10.9. The van der Waals surface area contributed by atoms with Crippen LogP contribution in [0.5, 0.6) is 0 Å². The second-order valence-corrected chi connectivity index (χ2v) is 8.32. The van der Waals surface area contributed by atoms with Gasteiger partial charge in [0, 0.05) is 0 Å². The number of aryl methyl sites for hydroxylation is 1. The monoisotopic (exact) mass is 410 g/mol. The number of halogens is 2. The van der Waals surface area contributed by atoms with Gasteiger partial charge in [-0.25, -0.2) is 0 Å². The Bertz CT molecular complexity index is 815. The molecule has 1 nitrogen and oxygen atoms in total. The highest BCUT2D eigenvalue weighted by atomic mass is 19.3. The molecule has 3 heteroatoms. The third-order valence-electron chi connectivity index (χ3n) is 6.23. The van der Waals surface area contributed by atoms with Crippen molar-refractivity contribution in [3.8, 4) is 0 Å².